The van der Waals surface area contributed by atoms with E-state index in [1.165, 1.54) is 0 Å². The summed E-state index contributed by atoms with van der Waals surface area (Å²) < 4.78 is 5.68. The number of piperazine rings is 1. The van der Waals surface area contributed by atoms with Gasteiger partial charge < -0.3 is 19.9 Å². The van der Waals surface area contributed by atoms with Gasteiger partial charge in [-0.3, -0.25) is 4.98 Å². The standard InChI is InChI=1S/C20H26N4O2/c1-16(2)26-19-8-6-18(7-9-19)23-11-13-24(14-12-23)20(25)22-15-17-5-3-4-10-21-17/h3-10,16H,11-15H2,1-2H3,(H,22,25). The molecule has 1 saturated heterocycles. The van der Waals surface area contributed by atoms with Crippen molar-refractivity contribution in [3.05, 3.63) is 54.4 Å². The molecule has 138 valence electrons. The van der Waals surface area contributed by atoms with Gasteiger partial charge in [-0.25, -0.2) is 4.79 Å². The fraction of sp³-hybridized carbons (Fsp3) is 0.400. The number of nitrogens with zero attached hydrogens (tertiary/aromatic N) is 3. The number of carbonyl (C=O) groups is 1. The Hall–Kier alpha value is -2.76. The van der Waals surface area contributed by atoms with Crippen LogP contribution in [0.2, 0.25) is 0 Å². The number of pyridine rings is 1. The summed E-state index contributed by atoms with van der Waals surface area (Å²) in [5.74, 6) is 0.885. The molecule has 2 aromatic rings. The highest BCUT2D eigenvalue weighted by Crippen LogP contribution is 2.21. The number of benzene rings is 1. The second-order valence-corrected chi connectivity index (χ2v) is 6.61. The number of ether oxygens (including phenoxy) is 1. The predicted molar refractivity (Wildman–Crippen MR) is 102 cm³/mol. The summed E-state index contributed by atoms with van der Waals surface area (Å²) in [4.78, 5) is 20.7. The van der Waals surface area contributed by atoms with Crippen molar-refractivity contribution in [1.29, 1.82) is 0 Å². The van der Waals surface area contributed by atoms with Gasteiger partial charge in [0.15, 0.2) is 0 Å². The second kappa shape index (κ2) is 8.56. The van der Waals surface area contributed by atoms with Gasteiger partial charge in [-0.2, -0.15) is 0 Å². The Labute approximate surface area is 154 Å². The van der Waals surface area contributed by atoms with Gasteiger partial charge in [-0.05, 0) is 50.2 Å². The molecule has 1 aliphatic rings. The van der Waals surface area contributed by atoms with Gasteiger partial charge in [0.1, 0.15) is 5.75 Å². The molecule has 0 unspecified atom stereocenters. The lowest BCUT2D eigenvalue weighted by atomic mass is 10.2. The Bertz CT molecular complexity index is 696. The lowest BCUT2D eigenvalue weighted by molar-refractivity contribution is 0.194. The van der Waals surface area contributed by atoms with Crippen molar-refractivity contribution in [2.24, 2.45) is 0 Å². The summed E-state index contributed by atoms with van der Waals surface area (Å²) in [5.41, 5.74) is 2.03. The fourth-order valence-electron chi connectivity index (χ4n) is 2.96. The van der Waals surface area contributed by atoms with Gasteiger partial charge in [0.25, 0.3) is 0 Å². The van der Waals surface area contributed by atoms with Gasteiger partial charge in [0.05, 0.1) is 18.3 Å². The molecule has 1 aromatic heterocycles. The summed E-state index contributed by atoms with van der Waals surface area (Å²) in [6, 6.07) is 13.8. The van der Waals surface area contributed by atoms with Gasteiger partial charge >= 0.3 is 6.03 Å². The van der Waals surface area contributed by atoms with Gasteiger partial charge in [-0.1, -0.05) is 6.07 Å². The number of nitrogens with one attached hydrogen (secondary N) is 1. The normalized spacial score (nSPS) is 14.4. The first-order valence-corrected chi connectivity index (χ1v) is 9.06. The molecule has 0 saturated carbocycles. The maximum atomic E-state index is 12.3. The van der Waals surface area contributed by atoms with Crippen LogP contribution in [0.15, 0.2) is 48.7 Å². The topological polar surface area (TPSA) is 57.7 Å². The van der Waals surface area contributed by atoms with E-state index in [1.807, 2.05) is 49.1 Å². The minimum Gasteiger partial charge on any atom is -0.491 e. The molecule has 6 heteroatoms. The molecular formula is C20H26N4O2. The molecule has 0 atom stereocenters. The third-order valence-electron chi connectivity index (χ3n) is 4.29. The molecule has 1 aromatic carbocycles. The van der Waals surface area contributed by atoms with E-state index in [0.29, 0.717) is 19.6 Å². The largest absolute Gasteiger partial charge is 0.491 e. The van der Waals surface area contributed by atoms with E-state index >= 15 is 0 Å². The zero-order valence-electron chi connectivity index (χ0n) is 15.4. The van der Waals surface area contributed by atoms with Crippen LogP contribution in [0, 0.1) is 0 Å². The molecule has 0 aliphatic carbocycles. The van der Waals surface area contributed by atoms with Gasteiger partial charge in [0.2, 0.25) is 0 Å². The van der Waals surface area contributed by atoms with Crippen LogP contribution in [0.25, 0.3) is 0 Å². The van der Waals surface area contributed by atoms with Crippen LogP contribution in [0.5, 0.6) is 5.75 Å². The minimum absolute atomic E-state index is 0.0315. The van der Waals surface area contributed by atoms with E-state index in [0.717, 1.165) is 30.2 Å². The summed E-state index contributed by atoms with van der Waals surface area (Å²) in [7, 11) is 0. The Morgan fingerprint density at radius 1 is 1.12 bits per heavy atom. The van der Waals surface area contributed by atoms with E-state index in [9.17, 15) is 4.79 Å². The van der Waals surface area contributed by atoms with Crippen LogP contribution in [0.4, 0.5) is 10.5 Å². The van der Waals surface area contributed by atoms with Crippen molar-refractivity contribution in [2.45, 2.75) is 26.5 Å². The highest BCUT2D eigenvalue weighted by atomic mass is 16.5. The Balaban J connectivity index is 1.47. The lowest BCUT2D eigenvalue weighted by Crippen LogP contribution is -2.51. The zero-order valence-corrected chi connectivity index (χ0v) is 15.4. The number of anilines is 1. The number of urea groups is 1. The minimum atomic E-state index is -0.0315. The van der Waals surface area contributed by atoms with Gasteiger partial charge in [-0.15, -0.1) is 0 Å². The van der Waals surface area contributed by atoms with E-state index in [1.54, 1.807) is 6.20 Å². The zero-order chi connectivity index (χ0) is 18.4. The lowest BCUT2D eigenvalue weighted by Gasteiger charge is -2.36. The van der Waals surface area contributed by atoms with E-state index < -0.39 is 0 Å². The molecular weight excluding hydrogens is 328 g/mol. The molecule has 26 heavy (non-hydrogen) atoms. The highest BCUT2D eigenvalue weighted by molar-refractivity contribution is 5.74. The van der Waals surface area contributed by atoms with Crippen LogP contribution in [-0.4, -0.2) is 48.2 Å². The third-order valence-corrected chi connectivity index (χ3v) is 4.29. The van der Waals surface area contributed by atoms with Crippen LogP contribution in [-0.2, 0) is 6.54 Å². The predicted octanol–water partition coefficient (Wildman–Crippen LogP) is 2.90. The molecule has 1 aliphatic heterocycles. The van der Waals surface area contributed by atoms with Crippen molar-refractivity contribution in [1.82, 2.24) is 15.2 Å². The van der Waals surface area contributed by atoms with Crippen LogP contribution < -0.4 is 15.0 Å². The maximum Gasteiger partial charge on any atom is 0.317 e. The fourth-order valence-corrected chi connectivity index (χ4v) is 2.96. The molecule has 6 nitrogen and oxygen atoms in total. The van der Waals surface area contributed by atoms with Crippen LogP contribution in [0.1, 0.15) is 19.5 Å². The Kier molecular flexibility index (Phi) is 5.94. The Morgan fingerprint density at radius 2 is 1.85 bits per heavy atom. The number of rotatable bonds is 5. The van der Waals surface area contributed by atoms with Crippen LogP contribution in [0.3, 0.4) is 0 Å². The monoisotopic (exact) mass is 354 g/mol. The van der Waals surface area contributed by atoms with Gasteiger partial charge in [0, 0.05) is 38.1 Å². The average molecular weight is 354 g/mol. The second-order valence-electron chi connectivity index (χ2n) is 6.61. The molecule has 1 N–H and O–H groups in total. The first kappa shape index (κ1) is 18.0. The van der Waals surface area contributed by atoms with E-state index in [-0.39, 0.29) is 12.1 Å². The quantitative estimate of drug-likeness (QED) is 0.897. The molecule has 0 bridgehead atoms. The van der Waals surface area contributed by atoms with E-state index in [2.05, 4.69) is 27.3 Å². The van der Waals surface area contributed by atoms with Crippen molar-refractivity contribution < 1.29 is 9.53 Å². The molecule has 0 radical (unpaired) electrons. The Morgan fingerprint density at radius 3 is 2.46 bits per heavy atom. The van der Waals surface area contributed by atoms with Crippen molar-refractivity contribution in [3.63, 3.8) is 0 Å². The third kappa shape index (κ3) is 4.88. The highest BCUT2D eigenvalue weighted by Gasteiger charge is 2.21. The first-order chi connectivity index (χ1) is 12.6. The SMILES string of the molecule is CC(C)Oc1ccc(N2CCN(C(=O)NCc3ccccn3)CC2)cc1. The number of amides is 2. The van der Waals surface area contributed by atoms with Crippen molar-refractivity contribution in [3.8, 4) is 5.75 Å². The molecule has 2 amide bonds. The summed E-state index contributed by atoms with van der Waals surface area (Å²) in [6.07, 6.45) is 1.91. The smallest absolute Gasteiger partial charge is 0.317 e. The summed E-state index contributed by atoms with van der Waals surface area (Å²) >= 11 is 0. The molecule has 2 heterocycles. The number of hydrogen-bond acceptors (Lipinski definition) is 4. The van der Waals surface area contributed by atoms with Crippen molar-refractivity contribution in [2.75, 3.05) is 31.1 Å². The molecule has 0 spiro atoms. The first-order valence-electron chi connectivity index (χ1n) is 9.06. The summed E-state index contributed by atoms with van der Waals surface area (Å²) in [5, 5.41) is 2.94. The number of carbonyl (C=O) groups excluding carboxylic acids is 1. The maximum absolute atomic E-state index is 12.3. The van der Waals surface area contributed by atoms with E-state index in [4.69, 9.17) is 4.74 Å². The van der Waals surface area contributed by atoms with Crippen molar-refractivity contribution >= 4 is 11.7 Å². The average Bonchev–Trinajstić information content (AvgIpc) is 2.67. The summed E-state index contributed by atoms with van der Waals surface area (Å²) in [6.45, 7) is 7.55. The number of hydrogen-bond donors (Lipinski definition) is 1. The molecule has 1 fully saturated rings. The van der Waals surface area contributed by atoms with Crippen LogP contribution >= 0.6 is 0 Å². The number of aromatic nitrogens is 1. The molecule has 3 rings (SSSR count).